The molecule has 0 aliphatic rings. The molecule has 0 radical (unpaired) electrons. The van der Waals surface area contributed by atoms with Crippen molar-refractivity contribution in [1.82, 2.24) is 9.66 Å². The number of nitrogen functional groups attached to an aromatic ring is 1. The van der Waals surface area contributed by atoms with Gasteiger partial charge in [-0.25, -0.2) is 9.66 Å². The zero-order chi connectivity index (χ0) is 14.8. The van der Waals surface area contributed by atoms with Gasteiger partial charge in [0.05, 0.1) is 10.9 Å². The van der Waals surface area contributed by atoms with E-state index < -0.39 is 11.5 Å². The molecule has 0 aliphatic carbocycles. The van der Waals surface area contributed by atoms with E-state index >= 15 is 0 Å². The first kappa shape index (κ1) is 12.9. The number of hydrogen-bond donors (Lipinski definition) is 2. The lowest BCUT2D eigenvalue weighted by Crippen LogP contribution is -2.35. The highest BCUT2D eigenvalue weighted by molar-refractivity contribution is 6.02. The van der Waals surface area contributed by atoms with Gasteiger partial charge in [0.2, 0.25) is 5.82 Å². The highest BCUT2D eigenvalue weighted by Gasteiger charge is 2.15. The van der Waals surface area contributed by atoms with Crippen molar-refractivity contribution < 1.29 is 4.79 Å². The van der Waals surface area contributed by atoms with E-state index in [2.05, 4.69) is 10.3 Å². The highest BCUT2D eigenvalue weighted by atomic mass is 16.2. The lowest BCUT2D eigenvalue weighted by atomic mass is 10.2. The van der Waals surface area contributed by atoms with Crippen molar-refractivity contribution in [2.45, 2.75) is 0 Å². The first-order valence-electron chi connectivity index (χ1n) is 6.30. The second-order valence-electron chi connectivity index (χ2n) is 4.45. The topological polar surface area (TPSA) is 90.0 Å². The van der Waals surface area contributed by atoms with Crippen LogP contribution in [0.1, 0.15) is 10.6 Å². The summed E-state index contributed by atoms with van der Waals surface area (Å²) in [7, 11) is 0. The number of carbonyl (C=O) groups excluding carboxylic acids is 1. The Morgan fingerprint density at radius 3 is 2.48 bits per heavy atom. The molecule has 0 saturated heterocycles. The molecule has 0 unspecified atom stereocenters. The van der Waals surface area contributed by atoms with Crippen molar-refractivity contribution >= 4 is 22.5 Å². The van der Waals surface area contributed by atoms with E-state index in [-0.39, 0.29) is 5.82 Å². The molecule has 6 heteroatoms. The minimum absolute atomic E-state index is 0.137. The summed E-state index contributed by atoms with van der Waals surface area (Å²) in [4.78, 5) is 28.5. The minimum atomic E-state index is -0.536. The molecule has 6 nitrogen and oxygen atoms in total. The van der Waals surface area contributed by atoms with Crippen LogP contribution in [0.4, 0.5) is 5.69 Å². The van der Waals surface area contributed by atoms with Gasteiger partial charge in [-0.1, -0.05) is 30.3 Å². The van der Waals surface area contributed by atoms with Gasteiger partial charge in [-0.15, -0.1) is 0 Å². The number of carbonyl (C=O) groups is 1. The highest BCUT2D eigenvalue weighted by Crippen LogP contribution is 2.09. The molecule has 1 heterocycles. The number of anilines is 1. The summed E-state index contributed by atoms with van der Waals surface area (Å²) in [6.07, 6.45) is 0. The Hall–Kier alpha value is -3.15. The van der Waals surface area contributed by atoms with Crippen LogP contribution in [0.5, 0.6) is 0 Å². The molecule has 1 amide bonds. The van der Waals surface area contributed by atoms with Gasteiger partial charge in [0.1, 0.15) is 0 Å². The largest absolute Gasteiger partial charge is 0.334 e. The third-order valence-electron chi connectivity index (χ3n) is 3.04. The maximum atomic E-state index is 12.2. The molecular formula is C15H12N4O2. The quantitative estimate of drug-likeness (QED) is 0.693. The van der Waals surface area contributed by atoms with Gasteiger partial charge in [-0.2, -0.15) is 0 Å². The summed E-state index contributed by atoms with van der Waals surface area (Å²) >= 11 is 0. The molecule has 0 bridgehead atoms. The fourth-order valence-electron chi connectivity index (χ4n) is 2.01. The smallest absolute Gasteiger partial charge is 0.293 e. The molecule has 0 saturated carbocycles. The number of para-hydroxylation sites is 2. The van der Waals surface area contributed by atoms with Crippen molar-refractivity contribution in [2.75, 3.05) is 11.2 Å². The van der Waals surface area contributed by atoms with Crippen LogP contribution in [0.3, 0.4) is 0 Å². The zero-order valence-corrected chi connectivity index (χ0v) is 11.0. The van der Waals surface area contributed by atoms with Gasteiger partial charge in [-0.05, 0) is 24.3 Å². The average Bonchev–Trinajstić information content (AvgIpc) is 2.52. The molecule has 3 rings (SSSR count). The van der Waals surface area contributed by atoms with Crippen LogP contribution in [-0.2, 0) is 0 Å². The Labute approximate surface area is 119 Å². The number of nitrogens with two attached hydrogens (primary N) is 1. The summed E-state index contributed by atoms with van der Waals surface area (Å²) in [5.41, 5.74) is 0.575. The summed E-state index contributed by atoms with van der Waals surface area (Å²) in [6, 6.07) is 15.6. The lowest BCUT2D eigenvalue weighted by Gasteiger charge is -2.09. The molecule has 3 aromatic rings. The SMILES string of the molecule is Nn1c(C(=O)Nc2ccccc2)nc2ccccc2c1=O. The molecule has 0 spiro atoms. The number of nitrogens with zero attached hydrogens (tertiary/aromatic N) is 2. The molecule has 1 aromatic heterocycles. The van der Waals surface area contributed by atoms with E-state index in [0.29, 0.717) is 16.6 Å². The van der Waals surface area contributed by atoms with Gasteiger partial charge >= 0.3 is 0 Å². The molecule has 0 aliphatic heterocycles. The molecule has 104 valence electrons. The molecule has 0 fully saturated rings. The predicted octanol–water partition coefficient (Wildman–Crippen LogP) is 1.36. The number of nitrogens with one attached hydrogen (secondary N) is 1. The predicted molar refractivity (Wildman–Crippen MR) is 80.5 cm³/mol. The number of fused-ring (bicyclic) bond motifs is 1. The lowest BCUT2D eigenvalue weighted by molar-refractivity contribution is 0.101. The second kappa shape index (κ2) is 5.09. The van der Waals surface area contributed by atoms with Crippen LogP contribution in [0.15, 0.2) is 59.4 Å². The second-order valence-corrected chi connectivity index (χ2v) is 4.45. The van der Waals surface area contributed by atoms with E-state index in [9.17, 15) is 9.59 Å². The van der Waals surface area contributed by atoms with Crippen LogP contribution in [0.2, 0.25) is 0 Å². The van der Waals surface area contributed by atoms with E-state index in [1.807, 2.05) is 6.07 Å². The van der Waals surface area contributed by atoms with E-state index in [0.717, 1.165) is 4.68 Å². The van der Waals surface area contributed by atoms with Gasteiger partial charge in [0.25, 0.3) is 11.5 Å². The normalized spacial score (nSPS) is 10.5. The Bertz CT molecular complexity index is 872. The molecular weight excluding hydrogens is 268 g/mol. The average molecular weight is 280 g/mol. The van der Waals surface area contributed by atoms with Crippen LogP contribution in [-0.4, -0.2) is 15.6 Å². The molecule has 0 atom stereocenters. The zero-order valence-electron chi connectivity index (χ0n) is 11.0. The first-order valence-corrected chi connectivity index (χ1v) is 6.30. The van der Waals surface area contributed by atoms with Crippen LogP contribution < -0.4 is 16.7 Å². The van der Waals surface area contributed by atoms with E-state index in [4.69, 9.17) is 5.84 Å². The van der Waals surface area contributed by atoms with E-state index in [1.54, 1.807) is 48.5 Å². The Morgan fingerprint density at radius 1 is 1.05 bits per heavy atom. The first-order chi connectivity index (χ1) is 10.2. The Kier molecular flexibility index (Phi) is 3.12. The minimum Gasteiger partial charge on any atom is -0.334 e. The molecule has 3 N–H and O–H groups in total. The van der Waals surface area contributed by atoms with Crippen LogP contribution in [0, 0.1) is 0 Å². The third-order valence-corrected chi connectivity index (χ3v) is 3.04. The van der Waals surface area contributed by atoms with Crippen molar-refractivity contribution in [3.8, 4) is 0 Å². The van der Waals surface area contributed by atoms with Gasteiger partial charge in [0, 0.05) is 5.69 Å². The number of rotatable bonds is 2. The number of benzene rings is 2. The van der Waals surface area contributed by atoms with Crippen molar-refractivity contribution in [1.29, 1.82) is 0 Å². The number of amides is 1. The summed E-state index contributed by atoms with van der Waals surface area (Å²) < 4.78 is 0.764. The van der Waals surface area contributed by atoms with E-state index in [1.165, 1.54) is 0 Å². The maximum Gasteiger partial charge on any atom is 0.293 e. The molecule has 2 aromatic carbocycles. The Balaban J connectivity index is 2.06. The standard InChI is InChI=1S/C15H12N4O2/c16-19-13(14(20)17-10-6-2-1-3-7-10)18-12-9-5-4-8-11(12)15(19)21/h1-9H,16H2,(H,17,20). The number of hydrogen-bond acceptors (Lipinski definition) is 4. The third kappa shape index (κ3) is 2.34. The van der Waals surface area contributed by atoms with Gasteiger partial charge in [0.15, 0.2) is 0 Å². The summed E-state index contributed by atoms with van der Waals surface area (Å²) in [5.74, 6) is 5.01. The van der Waals surface area contributed by atoms with Crippen molar-refractivity contribution in [2.24, 2.45) is 0 Å². The number of aromatic nitrogens is 2. The fourth-order valence-corrected chi connectivity index (χ4v) is 2.01. The van der Waals surface area contributed by atoms with Crippen LogP contribution in [0.25, 0.3) is 10.9 Å². The Morgan fingerprint density at radius 2 is 1.71 bits per heavy atom. The van der Waals surface area contributed by atoms with Crippen LogP contribution >= 0.6 is 0 Å². The fraction of sp³-hybridized carbons (Fsp3) is 0. The van der Waals surface area contributed by atoms with Crippen molar-refractivity contribution in [3.05, 3.63) is 70.8 Å². The summed E-state index contributed by atoms with van der Waals surface area (Å²) in [6.45, 7) is 0. The summed E-state index contributed by atoms with van der Waals surface area (Å²) in [5, 5.41) is 3.02. The molecule has 21 heavy (non-hydrogen) atoms. The van der Waals surface area contributed by atoms with Gasteiger partial charge in [-0.3, -0.25) is 9.59 Å². The maximum absolute atomic E-state index is 12.2. The van der Waals surface area contributed by atoms with Crippen molar-refractivity contribution in [3.63, 3.8) is 0 Å². The van der Waals surface area contributed by atoms with Gasteiger partial charge < -0.3 is 11.2 Å². The monoisotopic (exact) mass is 280 g/mol.